The van der Waals surface area contributed by atoms with Crippen LogP contribution in [0, 0.1) is 5.41 Å². The second-order valence-electron chi connectivity index (χ2n) is 5.28. The van der Waals surface area contributed by atoms with E-state index in [0.29, 0.717) is 13.2 Å². The Morgan fingerprint density at radius 3 is 1.73 bits per heavy atom. The van der Waals surface area contributed by atoms with Gasteiger partial charge in [-0.05, 0) is 0 Å². The van der Waals surface area contributed by atoms with Crippen molar-refractivity contribution in [3.8, 4) is 0 Å². The molecule has 0 saturated carbocycles. The van der Waals surface area contributed by atoms with E-state index < -0.39 is 0 Å². The van der Waals surface area contributed by atoms with Gasteiger partial charge in [0.25, 0.3) is 0 Å². The molecule has 2 aliphatic rings. The first-order valence-electron chi connectivity index (χ1n) is 5.52. The maximum atomic E-state index is 5.71. The highest BCUT2D eigenvalue weighted by molar-refractivity contribution is 4.74. The van der Waals surface area contributed by atoms with E-state index in [9.17, 15) is 0 Å². The molecule has 2 fully saturated rings. The van der Waals surface area contributed by atoms with E-state index >= 15 is 0 Å². The third-order valence-electron chi connectivity index (χ3n) is 2.38. The Balaban J connectivity index is 1.71. The summed E-state index contributed by atoms with van der Waals surface area (Å²) in [6.45, 7) is 9.24. The normalized spacial score (nSPS) is 31.4. The van der Waals surface area contributed by atoms with Gasteiger partial charge < -0.3 is 18.9 Å². The minimum absolute atomic E-state index is 0.0101. The highest BCUT2D eigenvalue weighted by Crippen LogP contribution is 2.26. The molecular formula is C11H20O4. The molecule has 4 nitrogen and oxygen atoms in total. The average Bonchev–Trinajstić information content (AvgIpc) is 2.98. The summed E-state index contributed by atoms with van der Waals surface area (Å²) in [5, 5.41) is 0. The molecule has 0 aromatic heterocycles. The van der Waals surface area contributed by atoms with E-state index in [1.165, 1.54) is 0 Å². The summed E-state index contributed by atoms with van der Waals surface area (Å²) >= 11 is 0. The van der Waals surface area contributed by atoms with Crippen LogP contribution in [0.5, 0.6) is 0 Å². The summed E-state index contributed by atoms with van der Waals surface area (Å²) in [6.07, 6.45) is 0.400. The van der Waals surface area contributed by atoms with Crippen molar-refractivity contribution in [2.45, 2.75) is 39.3 Å². The van der Waals surface area contributed by atoms with Gasteiger partial charge in [-0.2, -0.15) is 0 Å². The Hall–Kier alpha value is -0.160. The van der Waals surface area contributed by atoms with Crippen molar-refractivity contribution in [2.75, 3.05) is 26.4 Å². The monoisotopic (exact) mass is 216 g/mol. The van der Waals surface area contributed by atoms with Gasteiger partial charge in [-0.3, -0.25) is 0 Å². The molecule has 2 heterocycles. The van der Waals surface area contributed by atoms with Crippen molar-refractivity contribution in [3.63, 3.8) is 0 Å². The standard InChI is InChI=1S/C11H20O4/c1-11(2,3)10(14-6-8-4-12-8)15-7-9-5-13-9/h8-10H,4-7H2,1-3H3. The van der Waals surface area contributed by atoms with E-state index in [-0.39, 0.29) is 23.9 Å². The fraction of sp³-hybridized carbons (Fsp3) is 1.00. The van der Waals surface area contributed by atoms with Gasteiger partial charge in [0.2, 0.25) is 0 Å². The zero-order valence-corrected chi connectivity index (χ0v) is 9.69. The molecule has 0 amide bonds. The van der Waals surface area contributed by atoms with Gasteiger partial charge in [0.05, 0.1) is 26.4 Å². The molecule has 0 aromatic rings. The van der Waals surface area contributed by atoms with Gasteiger partial charge in [0.1, 0.15) is 12.2 Å². The predicted molar refractivity (Wildman–Crippen MR) is 54.6 cm³/mol. The minimum atomic E-state index is -0.175. The van der Waals surface area contributed by atoms with Crippen molar-refractivity contribution >= 4 is 0 Å². The van der Waals surface area contributed by atoms with Gasteiger partial charge >= 0.3 is 0 Å². The molecule has 2 atom stereocenters. The highest BCUT2D eigenvalue weighted by Gasteiger charge is 2.32. The minimum Gasteiger partial charge on any atom is -0.371 e. The Morgan fingerprint density at radius 1 is 1.07 bits per heavy atom. The Morgan fingerprint density at radius 2 is 1.47 bits per heavy atom. The van der Waals surface area contributed by atoms with E-state index in [2.05, 4.69) is 20.8 Å². The lowest BCUT2D eigenvalue weighted by Gasteiger charge is -2.30. The third-order valence-corrected chi connectivity index (χ3v) is 2.38. The molecule has 2 saturated heterocycles. The molecule has 2 rings (SSSR count). The summed E-state index contributed by atoms with van der Waals surface area (Å²) in [5.41, 5.74) is -0.0101. The molecule has 15 heavy (non-hydrogen) atoms. The summed E-state index contributed by atoms with van der Waals surface area (Å²) in [4.78, 5) is 0. The van der Waals surface area contributed by atoms with Crippen LogP contribution in [0.1, 0.15) is 20.8 Å². The molecule has 2 aliphatic heterocycles. The molecule has 0 aliphatic carbocycles. The van der Waals surface area contributed by atoms with Crippen molar-refractivity contribution in [3.05, 3.63) is 0 Å². The fourth-order valence-electron chi connectivity index (χ4n) is 1.27. The van der Waals surface area contributed by atoms with Crippen LogP contribution in [-0.2, 0) is 18.9 Å². The molecule has 4 heteroatoms. The lowest BCUT2D eigenvalue weighted by atomic mass is 9.96. The smallest absolute Gasteiger partial charge is 0.162 e. The molecule has 0 N–H and O–H groups in total. The van der Waals surface area contributed by atoms with Crippen LogP contribution in [0.25, 0.3) is 0 Å². The summed E-state index contributed by atoms with van der Waals surface area (Å²) in [7, 11) is 0. The van der Waals surface area contributed by atoms with Crippen molar-refractivity contribution in [1.82, 2.24) is 0 Å². The maximum Gasteiger partial charge on any atom is 0.162 e. The lowest BCUT2D eigenvalue weighted by molar-refractivity contribution is -0.197. The van der Waals surface area contributed by atoms with Gasteiger partial charge in [-0.1, -0.05) is 20.8 Å². The molecule has 88 valence electrons. The number of rotatable bonds is 6. The van der Waals surface area contributed by atoms with E-state index in [0.717, 1.165) is 13.2 Å². The van der Waals surface area contributed by atoms with E-state index in [1.807, 2.05) is 0 Å². The van der Waals surface area contributed by atoms with E-state index in [4.69, 9.17) is 18.9 Å². The summed E-state index contributed by atoms with van der Waals surface area (Å²) < 4.78 is 21.6. The molecule has 0 bridgehead atoms. The van der Waals surface area contributed by atoms with Crippen molar-refractivity contribution in [1.29, 1.82) is 0 Å². The number of epoxide rings is 2. The Kier molecular flexibility index (Phi) is 3.30. The van der Waals surface area contributed by atoms with E-state index in [1.54, 1.807) is 0 Å². The zero-order valence-electron chi connectivity index (χ0n) is 9.69. The van der Waals surface area contributed by atoms with Gasteiger partial charge in [0.15, 0.2) is 6.29 Å². The maximum absolute atomic E-state index is 5.71. The summed E-state index contributed by atoms with van der Waals surface area (Å²) in [6, 6.07) is 0. The third kappa shape index (κ3) is 4.07. The summed E-state index contributed by atoms with van der Waals surface area (Å²) in [5.74, 6) is 0. The first kappa shape index (κ1) is 11.3. The number of hydrogen-bond donors (Lipinski definition) is 0. The van der Waals surface area contributed by atoms with Crippen LogP contribution in [0.3, 0.4) is 0 Å². The molecule has 0 radical (unpaired) electrons. The first-order chi connectivity index (χ1) is 7.05. The number of hydrogen-bond acceptors (Lipinski definition) is 4. The van der Waals surface area contributed by atoms with Crippen LogP contribution < -0.4 is 0 Å². The average molecular weight is 216 g/mol. The molecule has 2 unspecified atom stereocenters. The number of ether oxygens (including phenoxy) is 4. The van der Waals surface area contributed by atoms with Crippen LogP contribution in [0.4, 0.5) is 0 Å². The highest BCUT2D eigenvalue weighted by atomic mass is 16.7. The Labute approximate surface area is 90.8 Å². The topological polar surface area (TPSA) is 43.5 Å². The first-order valence-corrected chi connectivity index (χ1v) is 5.52. The van der Waals surface area contributed by atoms with Crippen LogP contribution in [-0.4, -0.2) is 44.9 Å². The zero-order chi connectivity index (χ0) is 10.9. The molecule has 0 spiro atoms. The predicted octanol–water partition coefficient (Wildman–Crippen LogP) is 1.19. The van der Waals surface area contributed by atoms with Gasteiger partial charge in [-0.15, -0.1) is 0 Å². The second-order valence-corrected chi connectivity index (χ2v) is 5.28. The fourth-order valence-corrected chi connectivity index (χ4v) is 1.27. The van der Waals surface area contributed by atoms with Crippen molar-refractivity contribution in [2.24, 2.45) is 5.41 Å². The largest absolute Gasteiger partial charge is 0.371 e. The van der Waals surface area contributed by atoms with Crippen LogP contribution in [0.2, 0.25) is 0 Å². The second kappa shape index (κ2) is 4.37. The van der Waals surface area contributed by atoms with Crippen LogP contribution >= 0.6 is 0 Å². The SMILES string of the molecule is CC(C)(C)C(OCC1CO1)OCC1CO1. The lowest BCUT2D eigenvalue weighted by Crippen LogP contribution is -2.34. The van der Waals surface area contributed by atoms with Gasteiger partial charge in [0, 0.05) is 5.41 Å². The van der Waals surface area contributed by atoms with Gasteiger partial charge in [-0.25, -0.2) is 0 Å². The molecular weight excluding hydrogens is 196 g/mol. The van der Waals surface area contributed by atoms with Crippen LogP contribution in [0.15, 0.2) is 0 Å². The quantitative estimate of drug-likeness (QED) is 0.494. The van der Waals surface area contributed by atoms with Crippen molar-refractivity contribution < 1.29 is 18.9 Å². The Bertz CT molecular complexity index is 187. The molecule has 0 aromatic carbocycles.